The van der Waals surface area contributed by atoms with Crippen molar-refractivity contribution >= 4 is 50.7 Å². The number of carbonyl (C=O) groups is 1. The van der Waals surface area contributed by atoms with Crippen LogP contribution in [0.25, 0.3) is 0 Å². The van der Waals surface area contributed by atoms with E-state index in [2.05, 4.69) is 21.2 Å². The predicted octanol–water partition coefficient (Wildman–Crippen LogP) is 4.83. The highest BCUT2D eigenvalue weighted by Gasteiger charge is 2.11. The Morgan fingerprint density at radius 2 is 1.91 bits per heavy atom. The summed E-state index contributed by atoms with van der Waals surface area (Å²) in [6.07, 6.45) is 0. The number of likely N-dealkylation sites (N-methyl/N-ethyl adjacent to an activating group) is 1. The van der Waals surface area contributed by atoms with Crippen LogP contribution in [-0.4, -0.2) is 24.4 Å². The Kier molecular flexibility index (Phi) is 6.26. The SMILES string of the molecule is CN(CC(=O)Nc1ccccc1Br)Cc1cccc(Cl)c1Cl. The molecule has 2 aromatic carbocycles. The number of nitrogens with zero attached hydrogens (tertiary/aromatic N) is 1. The number of anilines is 1. The van der Waals surface area contributed by atoms with Crippen molar-refractivity contribution < 1.29 is 4.79 Å². The van der Waals surface area contributed by atoms with E-state index in [1.807, 2.05) is 48.3 Å². The van der Waals surface area contributed by atoms with Gasteiger partial charge in [-0.25, -0.2) is 0 Å². The summed E-state index contributed by atoms with van der Waals surface area (Å²) in [5, 5.41) is 3.91. The lowest BCUT2D eigenvalue weighted by Gasteiger charge is -2.17. The normalized spacial score (nSPS) is 10.8. The molecule has 0 spiro atoms. The molecule has 0 saturated heterocycles. The molecule has 2 rings (SSSR count). The van der Waals surface area contributed by atoms with E-state index >= 15 is 0 Å². The highest BCUT2D eigenvalue weighted by Crippen LogP contribution is 2.26. The van der Waals surface area contributed by atoms with Crippen molar-refractivity contribution in [1.29, 1.82) is 0 Å². The van der Waals surface area contributed by atoms with Crippen molar-refractivity contribution in [3.8, 4) is 0 Å². The fraction of sp³-hybridized carbons (Fsp3) is 0.188. The van der Waals surface area contributed by atoms with Crippen LogP contribution in [0.2, 0.25) is 10.0 Å². The highest BCUT2D eigenvalue weighted by molar-refractivity contribution is 9.10. The zero-order valence-electron chi connectivity index (χ0n) is 11.9. The third-order valence-electron chi connectivity index (χ3n) is 3.03. The predicted molar refractivity (Wildman–Crippen MR) is 95.6 cm³/mol. The van der Waals surface area contributed by atoms with Gasteiger partial charge in [0.15, 0.2) is 0 Å². The lowest BCUT2D eigenvalue weighted by molar-refractivity contribution is -0.117. The molecule has 0 aliphatic rings. The first-order valence-electron chi connectivity index (χ1n) is 6.63. The molecule has 3 nitrogen and oxygen atoms in total. The highest BCUT2D eigenvalue weighted by atomic mass is 79.9. The second-order valence-corrected chi connectivity index (χ2v) is 6.55. The minimum Gasteiger partial charge on any atom is -0.324 e. The number of hydrogen-bond donors (Lipinski definition) is 1. The maximum absolute atomic E-state index is 12.1. The summed E-state index contributed by atoms with van der Waals surface area (Å²) in [7, 11) is 1.86. The van der Waals surface area contributed by atoms with Gasteiger partial charge in [-0.1, -0.05) is 47.5 Å². The molecule has 0 atom stereocenters. The summed E-state index contributed by atoms with van der Waals surface area (Å²) in [5.74, 6) is -0.0902. The van der Waals surface area contributed by atoms with E-state index in [0.29, 0.717) is 16.6 Å². The Bertz CT molecular complexity index is 679. The first-order chi connectivity index (χ1) is 10.5. The topological polar surface area (TPSA) is 32.3 Å². The maximum Gasteiger partial charge on any atom is 0.238 e. The molecule has 0 aliphatic carbocycles. The Hall–Kier alpha value is -1.07. The van der Waals surface area contributed by atoms with E-state index in [4.69, 9.17) is 23.2 Å². The molecule has 1 N–H and O–H groups in total. The van der Waals surface area contributed by atoms with Crippen LogP contribution in [0.5, 0.6) is 0 Å². The maximum atomic E-state index is 12.1. The van der Waals surface area contributed by atoms with Crippen LogP contribution in [0.4, 0.5) is 5.69 Å². The summed E-state index contributed by atoms with van der Waals surface area (Å²) in [6.45, 7) is 0.799. The number of carbonyl (C=O) groups excluding carboxylic acids is 1. The van der Waals surface area contributed by atoms with Crippen molar-refractivity contribution in [2.45, 2.75) is 6.54 Å². The molecule has 116 valence electrons. The Balaban J connectivity index is 1.94. The van der Waals surface area contributed by atoms with E-state index in [-0.39, 0.29) is 12.5 Å². The van der Waals surface area contributed by atoms with E-state index in [1.165, 1.54) is 0 Å². The van der Waals surface area contributed by atoms with Crippen molar-refractivity contribution in [2.24, 2.45) is 0 Å². The Labute approximate surface area is 148 Å². The number of rotatable bonds is 5. The molecule has 0 radical (unpaired) electrons. The molecule has 22 heavy (non-hydrogen) atoms. The lowest BCUT2D eigenvalue weighted by atomic mass is 10.2. The number of para-hydroxylation sites is 1. The Morgan fingerprint density at radius 3 is 2.64 bits per heavy atom. The average molecular weight is 402 g/mol. The van der Waals surface area contributed by atoms with Gasteiger partial charge in [-0.05, 0) is 46.7 Å². The fourth-order valence-corrected chi connectivity index (χ4v) is 2.78. The summed E-state index contributed by atoms with van der Waals surface area (Å²) in [5.41, 5.74) is 1.65. The number of halogens is 3. The minimum absolute atomic E-state index is 0.0902. The largest absolute Gasteiger partial charge is 0.324 e. The molecule has 0 aromatic heterocycles. The van der Waals surface area contributed by atoms with Gasteiger partial charge in [-0.3, -0.25) is 9.69 Å². The third-order valence-corrected chi connectivity index (χ3v) is 4.58. The zero-order valence-corrected chi connectivity index (χ0v) is 15.0. The van der Waals surface area contributed by atoms with E-state index < -0.39 is 0 Å². The summed E-state index contributed by atoms with van der Waals surface area (Å²) < 4.78 is 0.851. The second-order valence-electron chi connectivity index (χ2n) is 4.91. The summed E-state index contributed by atoms with van der Waals surface area (Å²) in [6, 6.07) is 13.0. The van der Waals surface area contributed by atoms with Crippen LogP contribution in [0, 0.1) is 0 Å². The lowest BCUT2D eigenvalue weighted by Crippen LogP contribution is -2.30. The number of hydrogen-bond acceptors (Lipinski definition) is 2. The molecule has 2 aromatic rings. The molecule has 1 amide bonds. The molecular formula is C16H15BrCl2N2O. The zero-order chi connectivity index (χ0) is 16.1. The first-order valence-corrected chi connectivity index (χ1v) is 8.18. The van der Waals surface area contributed by atoms with Gasteiger partial charge in [0.05, 0.1) is 22.3 Å². The van der Waals surface area contributed by atoms with Crippen LogP contribution in [0.1, 0.15) is 5.56 Å². The molecule has 0 fully saturated rings. The molecule has 0 unspecified atom stereocenters. The standard InChI is InChI=1S/C16H15BrCl2N2O/c1-21(9-11-5-4-7-13(18)16(11)19)10-15(22)20-14-8-3-2-6-12(14)17/h2-8H,9-10H2,1H3,(H,20,22). The number of nitrogens with one attached hydrogen (secondary N) is 1. The van der Waals surface area contributed by atoms with Crippen molar-refractivity contribution in [1.82, 2.24) is 4.90 Å². The van der Waals surface area contributed by atoms with E-state index in [9.17, 15) is 4.79 Å². The van der Waals surface area contributed by atoms with Gasteiger partial charge in [-0.15, -0.1) is 0 Å². The van der Waals surface area contributed by atoms with Crippen LogP contribution in [0.3, 0.4) is 0 Å². The van der Waals surface area contributed by atoms with Gasteiger partial charge >= 0.3 is 0 Å². The average Bonchev–Trinajstić information content (AvgIpc) is 2.46. The fourth-order valence-electron chi connectivity index (χ4n) is 2.01. The monoisotopic (exact) mass is 400 g/mol. The summed E-state index contributed by atoms with van der Waals surface area (Å²) in [4.78, 5) is 14.0. The van der Waals surface area contributed by atoms with Crippen LogP contribution >= 0.6 is 39.1 Å². The van der Waals surface area contributed by atoms with Crippen molar-refractivity contribution in [3.63, 3.8) is 0 Å². The Morgan fingerprint density at radius 1 is 1.18 bits per heavy atom. The van der Waals surface area contributed by atoms with E-state index in [0.717, 1.165) is 15.7 Å². The van der Waals surface area contributed by atoms with Gasteiger partial charge in [0.2, 0.25) is 5.91 Å². The molecule has 6 heteroatoms. The van der Waals surface area contributed by atoms with Gasteiger partial charge in [0, 0.05) is 11.0 Å². The minimum atomic E-state index is -0.0902. The van der Waals surface area contributed by atoms with Crippen molar-refractivity contribution in [2.75, 3.05) is 18.9 Å². The molecule has 0 aliphatic heterocycles. The second kappa shape index (κ2) is 7.97. The van der Waals surface area contributed by atoms with E-state index in [1.54, 1.807) is 6.07 Å². The quantitative estimate of drug-likeness (QED) is 0.778. The smallest absolute Gasteiger partial charge is 0.238 e. The summed E-state index contributed by atoms with van der Waals surface area (Å²) >= 11 is 15.6. The van der Waals surface area contributed by atoms with Gasteiger partial charge < -0.3 is 5.32 Å². The molecule has 0 saturated carbocycles. The van der Waals surface area contributed by atoms with Crippen LogP contribution in [0.15, 0.2) is 46.9 Å². The van der Waals surface area contributed by atoms with Crippen LogP contribution < -0.4 is 5.32 Å². The molecule has 0 heterocycles. The van der Waals surface area contributed by atoms with Crippen molar-refractivity contribution in [3.05, 3.63) is 62.5 Å². The van der Waals surface area contributed by atoms with Crippen LogP contribution in [-0.2, 0) is 11.3 Å². The molecule has 0 bridgehead atoms. The number of benzene rings is 2. The van der Waals surface area contributed by atoms with Gasteiger partial charge in [0.25, 0.3) is 0 Å². The molecular weight excluding hydrogens is 387 g/mol. The first kappa shape index (κ1) is 17.3. The third kappa shape index (κ3) is 4.71. The van der Waals surface area contributed by atoms with Gasteiger partial charge in [-0.2, -0.15) is 0 Å². The van der Waals surface area contributed by atoms with Gasteiger partial charge in [0.1, 0.15) is 0 Å². The number of amides is 1.